The molecule has 0 aromatic heterocycles. The molecule has 3 amide bonds. The Labute approximate surface area is 156 Å². The van der Waals surface area contributed by atoms with E-state index < -0.39 is 23.2 Å². The van der Waals surface area contributed by atoms with Gasteiger partial charge in [0.1, 0.15) is 5.82 Å². The average Bonchev–Trinajstić information content (AvgIpc) is 3.29. The van der Waals surface area contributed by atoms with Crippen LogP contribution in [0, 0.1) is 17.2 Å². The lowest BCUT2D eigenvalue weighted by atomic mass is 9.81. The van der Waals surface area contributed by atoms with Crippen molar-refractivity contribution in [2.75, 3.05) is 29.9 Å². The zero-order valence-electron chi connectivity index (χ0n) is 14.9. The van der Waals surface area contributed by atoms with E-state index in [4.69, 9.17) is 0 Å². The first-order chi connectivity index (χ1) is 12.9. The Bertz CT molecular complexity index is 814. The molecule has 0 unspecified atom stereocenters. The smallest absolute Gasteiger partial charge is 0.321 e. The Hall–Kier alpha value is -2.64. The SMILES string of the molecule is O=C(Nc1ccc(N2CCCC2=O)c(F)c1)N1C[C@@H]2CCC[C@@]2(C(=O)O)C1. The number of halogens is 1. The van der Waals surface area contributed by atoms with Crippen LogP contribution in [0.15, 0.2) is 18.2 Å². The molecular formula is C19H22FN3O4. The zero-order valence-corrected chi connectivity index (χ0v) is 14.9. The van der Waals surface area contributed by atoms with Gasteiger partial charge in [-0.15, -0.1) is 0 Å². The predicted octanol–water partition coefficient (Wildman–Crippen LogP) is 2.67. The molecule has 1 aromatic rings. The van der Waals surface area contributed by atoms with E-state index in [9.17, 15) is 23.9 Å². The van der Waals surface area contributed by atoms with E-state index in [-0.39, 0.29) is 29.7 Å². The molecule has 144 valence electrons. The molecule has 2 heterocycles. The number of amides is 3. The van der Waals surface area contributed by atoms with Gasteiger partial charge in [-0.1, -0.05) is 6.42 Å². The number of carboxylic acid groups (broad SMARTS) is 1. The molecule has 7 nitrogen and oxygen atoms in total. The van der Waals surface area contributed by atoms with Crippen LogP contribution in [0.3, 0.4) is 0 Å². The molecule has 1 aliphatic carbocycles. The fourth-order valence-corrected chi connectivity index (χ4v) is 4.70. The van der Waals surface area contributed by atoms with Gasteiger partial charge in [0, 0.05) is 31.7 Å². The van der Waals surface area contributed by atoms with E-state index in [1.165, 1.54) is 21.9 Å². The number of carboxylic acids is 1. The molecular weight excluding hydrogens is 353 g/mol. The summed E-state index contributed by atoms with van der Waals surface area (Å²) in [5.74, 6) is -1.54. The van der Waals surface area contributed by atoms with Crippen molar-refractivity contribution in [2.24, 2.45) is 11.3 Å². The van der Waals surface area contributed by atoms with Crippen molar-refractivity contribution in [3.63, 3.8) is 0 Å². The van der Waals surface area contributed by atoms with Crippen molar-refractivity contribution in [3.05, 3.63) is 24.0 Å². The molecule has 3 aliphatic rings. The molecule has 0 bridgehead atoms. The van der Waals surface area contributed by atoms with Crippen molar-refractivity contribution in [2.45, 2.75) is 32.1 Å². The van der Waals surface area contributed by atoms with Crippen LogP contribution in [-0.2, 0) is 9.59 Å². The summed E-state index contributed by atoms with van der Waals surface area (Å²) in [5, 5.41) is 12.3. The normalized spacial score (nSPS) is 27.1. The van der Waals surface area contributed by atoms with E-state index in [0.717, 1.165) is 12.8 Å². The Balaban J connectivity index is 1.45. The van der Waals surface area contributed by atoms with Gasteiger partial charge >= 0.3 is 12.0 Å². The molecule has 2 N–H and O–H groups in total. The highest BCUT2D eigenvalue weighted by atomic mass is 19.1. The Morgan fingerprint density at radius 1 is 1.30 bits per heavy atom. The molecule has 27 heavy (non-hydrogen) atoms. The lowest BCUT2D eigenvalue weighted by molar-refractivity contribution is -0.149. The summed E-state index contributed by atoms with van der Waals surface area (Å²) in [6, 6.07) is 3.83. The van der Waals surface area contributed by atoms with Crippen molar-refractivity contribution in [1.82, 2.24) is 4.90 Å². The Kier molecular flexibility index (Phi) is 4.28. The van der Waals surface area contributed by atoms with Crippen LogP contribution >= 0.6 is 0 Å². The zero-order chi connectivity index (χ0) is 19.2. The van der Waals surface area contributed by atoms with Gasteiger partial charge in [-0.25, -0.2) is 9.18 Å². The maximum absolute atomic E-state index is 14.4. The third kappa shape index (κ3) is 2.93. The molecule has 4 rings (SSSR count). The highest BCUT2D eigenvalue weighted by Gasteiger charge is 2.55. The molecule has 1 aromatic carbocycles. The second-order valence-electron chi connectivity index (χ2n) is 7.68. The summed E-state index contributed by atoms with van der Waals surface area (Å²) in [5.41, 5.74) is -0.340. The van der Waals surface area contributed by atoms with Crippen LogP contribution in [0.5, 0.6) is 0 Å². The number of nitrogens with zero attached hydrogens (tertiary/aromatic N) is 2. The molecule has 2 atom stereocenters. The van der Waals surface area contributed by atoms with Crippen molar-refractivity contribution in [3.8, 4) is 0 Å². The molecule has 2 aliphatic heterocycles. The van der Waals surface area contributed by atoms with Crippen molar-refractivity contribution in [1.29, 1.82) is 0 Å². The quantitative estimate of drug-likeness (QED) is 0.850. The summed E-state index contributed by atoms with van der Waals surface area (Å²) in [6.45, 7) is 1.08. The van der Waals surface area contributed by atoms with Gasteiger partial charge in [0.2, 0.25) is 5.91 Å². The number of fused-ring (bicyclic) bond motifs is 1. The van der Waals surface area contributed by atoms with Gasteiger partial charge in [0.15, 0.2) is 0 Å². The molecule has 3 fully saturated rings. The first-order valence-corrected chi connectivity index (χ1v) is 9.30. The second kappa shape index (κ2) is 6.51. The van der Waals surface area contributed by atoms with E-state index in [1.54, 1.807) is 6.07 Å². The number of benzene rings is 1. The minimum atomic E-state index is -0.845. The lowest BCUT2D eigenvalue weighted by Crippen LogP contribution is -2.38. The molecule has 8 heteroatoms. The molecule has 1 saturated carbocycles. The summed E-state index contributed by atoms with van der Waals surface area (Å²) in [7, 11) is 0. The predicted molar refractivity (Wildman–Crippen MR) is 96.0 cm³/mol. The largest absolute Gasteiger partial charge is 0.481 e. The molecule has 0 spiro atoms. The lowest BCUT2D eigenvalue weighted by Gasteiger charge is -2.23. The minimum absolute atomic E-state index is 0.0268. The van der Waals surface area contributed by atoms with Gasteiger partial charge < -0.3 is 20.2 Å². The summed E-state index contributed by atoms with van der Waals surface area (Å²) >= 11 is 0. The third-order valence-corrected chi connectivity index (χ3v) is 6.15. The fraction of sp³-hybridized carbons (Fsp3) is 0.526. The van der Waals surface area contributed by atoms with Crippen LogP contribution in [0.25, 0.3) is 0 Å². The van der Waals surface area contributed by atoms with Gasteiger partial charge in [-0.05, 0) is 43.4 Å². The van der Waals surface area contributed by atoms with Gasteiger partial charge in [-0.3, -0.25) is 9.59 Å². The second-order valence-corrected chi connectivity index (χ2v) is 7.68. The van der Waals surface area contributed by atoms with E-state index in [2.05, 4.69) is 5.32 Å². The van der Waals surface area contributed by atoms with Crippen molar-refractivity contribution < 1.29 is 23.9 Å². The average molecular weight is 375 g/mol. The molecule has 2 saturated heterocycles. The van der Waals surface area contributed by atoms with Crippen LogP contribution in [0.1, 0.15) is 32.1 Å². The van der Waals surface area contributed by atoms with E-state index >= 15 is 0 Å². The number of aliphatic carboxylic acids is 1. The topological polar surface area (TPSA) is 90.0 Å². The van der Waals surface area contributed by atoms with Crippen LogP contribution in [0.4, 0.5) is 20.6 Å². The third-order valence-electron chi connectivity index (χ3n) is 6.15. The number of hydrogen-bond donors (Lipinski definition) is 2. The Morgan fingerprint density at radius 2 is 2.11 bits per heavy atom. The Morgan fingerprint density at radius 3 is 2.74 bits per heavy atom. The summed E-state index contributed by atoms with van der Waals surface area (Å²) < 4.78 is 14.4. The summed E-state index contributed by atoms with van der Waals surface area (Å²) in [6.07, 6.45) is 3.39. The van der Waals surface area contributed by atoms with Gasteiger partial charge in [-0.2, -0.15) is 0 Å². The van der Waals surface area contributed by atoms with E-state index in [0.29, 0.717) is 32.4 Å². The number of rotatable bonds is 3. The maximum atomic E-state index is 14.4. The first-order valence-electron chi connectivity index (χ1n) is 9.30. The highest BCUT2D eigenvalue weighted by molar-refractivity contribution is 5.96. The number of carbonyl (C=O) groups excluding carboxylic acids is 2. The van der Waals surface area contributed by atoms with Crippen LogP contribution in [-0.4, -0.2) is 47.5 Å². The number of likely N-dealkylation sites (tertiary alicyclic amines) is 1. The van der Waals surface area contributed by atoms with Crippen molar-refractivity contribution >= 4 is 29.3 Å². The van der Waals surface area contributed by atoms with Crippen LogP contribution < -0.4 is 10.2 Å². The van der Waals surface area contributed by atoms with Crippen LogP contribution in [0.2, 0.25) is 0 Å². The fourth-order valence-electron chi connectivity index (χ4n) is 4.70. The minimum Gasteiger partial charge on any atom is -0.481 e. The monoisotopic (exact) mass is 375 g/mol. The van der Waals surface area contributed by atoms with Gasteiger partial charge in [0.05, 0.1) is 11.1 Å². The van der Waals surface area contributed by atoms with E-state index in [1.807, 2.05) is 0 Å². The van der Waals surface area contributed by atoms with Gasteiger partial charge in [0.25, 0.3) is 0 Å². The number of hydrogen-bond acceptors (Lipinski definition) is 3. The number of urea groups is 1. The molecule has 0 radical (unpaired) electrons. The first kappa shape index (κ1) is 17.8. The number of carbonyl (C=O) groups is 3. The number of nitrogens with one attached hydrogen (secondary N) is 1. The standard InChI is InChI=1S/C19H22FN3O4/c20-14-9-13(5-6-15(14)23-8-2-4-16(23)24)21-18(27)22-10-12-3-1-7-19(12,11-22)17(25)26/h5-6,9,12H,1-4,7-8,10-11H2,(H,21,27)(H,25,26)/t12-,19+/m0/s1. The maximum Gasteiger partial charge on any atom is 0.321 e. The summed E-state index contributed by atoms with van der Waals surface area (Å²) in [4.78, 5) is 39.0. The number of anilines is 2. The highest BCUT2D eigenvalue weighted by Crippen LogP contribution is 2.49.